The quantitative estimate of drug-likeness (QED) is 0.514. The number of aryl methyl sites for hydroxylation is 3. The second-order valence-corrected chi connectivity index (χ2v) is 9.78. The minimum atomic E-state index is -3.71. The van der Waals surface area contributed by atoms with Crippen molar-refractivity contribution < 1.29 is 13.2 Å². The number of nitrogens with one attached hydrogen (secondary N) is 2. The van der Waals surface area contributed by atoms with Gasteiger partial charge in [0.2, 0.25) is 0 Å². The normalized spacial score (nSPS) is 11.4. The summed E-state index contributed by atoms with van der Waals surface area (Å²) in [5.41, 5.74) is 5.46. The summed E-state index contributed by atoms with van der Waals surface area (Å²) < 4.78 is 28.0. The average molecular weight is 437 g/mol. The van der Waals surface area contributed by atoms with Crippen LogP contribution in [0.15, 0.2) is 65.6 Å². The van der Waals surface area contributed by atoms with Crippen molar-refractivity contribution >= 4 is 27.3 Å². The van der Waals surface area contributed by atoms with Crippen LogP contribution in [0.4, 0.5) is 11.4 Å². The zero-order valence-corrected chi connectivity index (χ0v) is 19.3. The van der Waals surface area contributed by atoms with Gasteiger partial charge in [0.15, 0.2) is 0 Å². The Morgan fingerprint density at radius 3 is 2.16 bits per heavy atom. The van der Waals surface area contributed by atoms with Gasteiger partial charge in [-0.3, -0.25) is 9.52 Å². The van der Waals surface area contributed by atoms with Gasteiger partial charge in [0.1, 0.15) is 0 Å². The molecule has 0 spiro atoms. The molecule has 0 saturated carbocycles. The van der Waals surface area contributed by atoms with Crippen molar-refractivity contribution in [2.45, 2.75) is 45.4 Å². The molecule has 6 heteroatoms. The standard InChI is InChI=1S/C25H28N2O3S/c1-16(2)22-8-6-7-18(4)24(22)26-25(28)20-11-14-23(19(5)15-20)27-31(29,30)21-12-9-17(3)10-13-21/h6-16,27H,1-5H3,(H,26,28). The van der Waals surface area contributed by atoms with Crippen molar-refractivity contribution in [3.05, 3.63) is 88.5 Å². The molecule has 162 valence electrons. The minimum Gasteiger partial charge on any atom is -0.321 e. The van der Waals surface area contributed by atoms with Gasteiger partial charge in [-0.1, -0.05) is 49.7 Å². The van der Waals surface area contributed by atoms with Gasteiger partial charge < -0.3 is 5.32 Å². The molecule has 0 radical (unpaired) electrons. The van der Waals surface area contributed by atoms with Crippen molar-refractivity contribution in [3.8, 4) is 0 Å². The van der Waals surface area contributed by atoms with Crippen molar-refractivity contribution in [1.29, 1.82) is 0 Å². The fourth-order valence-electron chi connectivity index (χ4n) is 3.37. The van der Waals surface area contributed by atoms with Crippen LogP contribution in [0.5, 0.6) is 0 Å². The highest BCUT2D eigenvalue weighted by molar-refractivity contribution is 7.92. The van der Waals surface area contributed by atoms with Crippen LogP contribution in [0.2, 0.25) is 0 Å². The van der Waals surface area contributed by atoms with Gasteiger partial charge in [0.05, 0.1) is 10.6 Å². The SMILES string of the molecule is Cc1ccc(S(=O)(=O)Nc2ccc(C(=O)Nc3c(C)cccc3C(C)C)cc2C)cc1. The summed E-state index contributed by atoms with van der Waals surface area (Å²) >= 11 is 0. The first-order valence-electron chi connectivity index (χ1n) is 10.2. The first kappa shape index (κ1) is 22.6. The van der Waals surface area contributed by atoms with Crippen LogP contribution in [0.3, 0.4) is 0 Å². The number of sulfonamides is 1. The number of benzene rings is 3. The zero-order valence-electron chi connectivity index (χ0n) is 18.5. The number of hydrogen-bond acceptors (Lipinski definition) is 3. The Balaban J connectivity index is 1.83. The molecule has 0 aromatic heterocycles. The third-order valence-corrected chi connectivity index (χ3v) is 6.61. The second kappa shape index (κ2) is 8.94. The predicted octanol–water partition coefficient (Wildman–Crippen LogP) is 5.79. The molecule has 0 saturated heterocycles. The van der Waals surface area contributed by atoms with Crippen LogP contribution in [0.1, 0.15) is 52.4 Å². The van der Waals surface area contributed by atoms with E-state index in [1.165, 1.54) is 0 Å². The van der Waals surface area contributed by atoms with Gasteiger partial charge in [-0.05, 0) is 73.7 Å². The number of amides is 1. The molecule has 1 amide bonds. The first-order valence-corrected chi connectivity index (χ1v) is 11.7. The molecular weight excluding hydrogens is 408 g/mol. The van der Waals surface area contributed by atoms with E-state index in [0.717, 1.165) is 22.4 Å². The van der Waals surface area contributed by atoms with Crippen molar-refractivity contribution in [1.82, 2.24) is 0 Å². The zero-order chi connectivity index (χ0) is 22.8. The third-order valence-electron chi connectivity index (χ3n) is 5.23. The maximum atomic E-state index is 12.9. The van der Waals surface area contributed by atoms with Crippen molar-refractivity contribution in [2.24, 2.45) is 0 Å². The Kier molecular flexibility index (Phi) is 6.51. The molecule has 0 aliphatic rings. The molecule has 0 fully saturated rings. The van der Waals surface area contributed by atoms with Gasteiger partial charge in [0.25, 0.3) is 15.9 Å². The Labute approximate surface area is 184 Å². The van der Waals surface area contributed by atoms with Crippen LogP contribution in [0.25, 0.3) is 0 Å². The molecule has 3 aromatic carbocycles. The molecule has 0 bridgehead atoms. The summed E-state index contributed by atoms with van der Waals surface area (Å²) in [5.74, 6) is 0.0442. The maximum absolute atomic E-state index is 12.9. The number of para-hydroxylation sites is 1. The van der Waals surface area contributed by atoms with Crippen molar-refractivity contribution in [2.75, 3.05) is 10.0 Å². The molecule has 0 unspecified atom stereocenters. The molecular formula is C25H28N2O3S. The van der Waals surface area contributed by atoms with Gasteiger partial charge in [-0.15, -0.1) is 0 Å². The summed E-state index contributed by atoms with van der Waals surface area (Å²) in [6.45, 7) is 9.82. The number of hydrogen-bond donors (Lipinski definition) is 2. The Bertz CT molecular complexity index is 1210. The van der Waals surface area contributed by atoms with E-state index >= 15 is 0 Å². The van der Waals surface area contributed by atoms with Crippen molar-refractivity contribution in [3.63, 3.8) is 0 Å². The van der Waals surface area contributed by atoms with Crippen LogP contribution in [0, 0.1) is 20.8 Å². The highest BCUT2D eigenvalue weighted by Gasteiger charge is 2.17. The third kappa shape index (κ3) is 5.14. The number of rotatable bonds is 6. The summed E-state index contributed by atoms with van der Waals surface area (Å²) in [5, 5.41) is 3.02. The largest absolute Gasteiger partial charge is 0.321 e. The monoisotopic (exact) mass is 436 g/mol. The van der Waals surface area contributed by atoms with E-state index in [0.29, 0.717) is 16.8 Å². The smallest absolute Gasteiger partial charge is 0.261 e. The number of anilines is 2. The van der Waals surface area contributed by atoms with E-state index < -0.39 is 10.0 Å². The molecule has 3 aromatic rings. The van der Waals surface area contributed by atoms with Crippen LogP contribution in [-0.4, -0.2) is 14.3 Å². The van der Waals surface area contributed by atoms with E-state index in [4.69, 9.17) is 0 Å². The Hall–Kier alpha value is -3.12. The lowest BCUT2D eigenvalue weighted by Crippen LogP contribution is -2.16. The van der Waals surface area contributed by atoms with Gasteiger partial charge in [-0.2, -0.15) is 0 Å². The Morgan fingerprint density at radius 1 is 0.871 bits per heavy atom. The van der Waals surface area contributed by atoms with Gasteiger partial charge >= 0.3 is 0 Å². The molecule has 5 nitrogen and oxygen atoms in total. The molecule has 0 aliphatic carbocycles. The van der Waals surface area contributed by atoms with E-state index in [-0.39, 0.29) is 16.7 Å². The molecule has 0 heterocycles. The lowest BCUT2D eigenvalue weighted by Gasteiger charge is -2.17. The summed E-state index contributed by atoms with van der Waals surface area (Å²) in [7, 11) is -3.71. The van der Waals surface area contributed by atoms with Gasteiger partial charge in [0, 0.05) is 11.3 Å². The fourth-order valence-corrected chi connectivity index (χ4v) is 4.50. The summed E-state index contributed by atoms with van der Waals surface area (Å²) in [4.78, 5) is 13.1. The summed E-state index contributed by atoms with van der Waals surface area (Å²) in [6, 6.07) is 17.6. The molecule has 3 rings (SSSR count). The van der Waals surface area contributed by atoms with E-state index in [2.05, 4.69) is 23.9 Å². The maximum Gasteiger partial charge on any atom is 0.261 e. The lowest BCUT2D eigenvalue weighted by atomic mass is 9.98. The Morgan fingerprint density at radius 2 is 1.55 bits per heavy atom. The summed E-state index contributed by atoms with van der Waals surface area (Å²) in [6.07, 6.45) is 0. The van der Waals surface area contributed by atoms with E-state index in [1.807, 2.05) is 32.0 Å². The molecule has 2 N–H and O–H groups in total. The molecule has 0 aliphatic heterocycles. The highest BCUT2D eigenvalue weighted by Crippen LogP contribution is 2.28. The van der Waals surface area contributed by atoms with E-state index in [9.17, 15) is 13.2 Å². The fraction of sp³-hybridized carbons (Fsp3) is 0.240. The first-order chi connectivity index (χ1) is 14.6. The average Bonchev–Trinajstić information content (AvgIpc) is 2.71. The van der Waals surface area contributed by atoms with E-state index in [1.54, 1.807) is 49.4 Å². The number of carbonyl (C=O) groups is 1. The van der Waals surface area contributed by atoms with Crippen LogP contribution >= 0.6 is 0 Å². The molecule has 0 atom stereocenters. The number of carbonyl (C=O) groups excluding carboxylic acids is 1. The highest BCUT2D eigenvalue weighted by atomic mass is 32.2. The second-order valence-electron chi connectivity index (χ2n) is 8.10. The van der Waals surface area contributed by atoms with Crippen LogP contribution in [-0.2, 0) is 10.0 Å². The topological polar surface area (TPSA) is 75.3 Å². The lowest BCUT2D eigenvalue weighted by molar-refractivity contribution is 0.102. The minimum absolute atomic E-state index is 0.195. The predicted molar refractivity (Wildman–Crippen MR) is 126 cm³/mol. The van der Waals surface area contributed by atoms with Crippen LogP contribution < -0.4 is 10.0 Å². The molecule has 31 heavy (non-hydrogen) atoms. The van der Waals surface area contributed by atoms with Gasteiger partial charge in [-0.25, -0.2) is 8.42 Å².